The molecule has 3 aromatic rings. The monoisotopic (exact) mass is 255 g/mol. The third-order valence-corrected chi connectivity index (χ3v) is 3.56. The van der Waals surface area contributed by atoms with E-state index in [9.17, 15) is 0 Å². The average molecular weight is 255 g/mol. The van der Waals surface area contributed by atoms with E-state index in [0.717, 1.165) is 16.5 Å². The fraction of sp³-hybridized carbons (Fsp3) is 0.0714. The van der Waals surface area contributed by atoms with Crippen molar-refractivity contribution in [2.75, 3.05) is 5.32 Å². The predicted octanol–water partition coefficient (Wildman–Crippen LogP) is 3.99. The van der Waals surface area contributed by atoms with Crippen molar-refractivity contribution in [1.82, 2.24) is 9.78 Å². The normalized spacial score (nSPS) is 10.5. The van der Waals surface area contributed by atoms with Crippen LogP contribution in [0.1, 0.15) is 5.56 Å². The standard InChI is InChI=1S/C14H13N3S/c1-11-9-14(18-10-11)15-13-7-8-17(16-13)12-5-3-2-4-6-12/h2-10H,1H3,(H,15,16). The molecule has 18 heavy (non-hydrogen) atoms. The fourth-order valence-electron chi connectivity index (χ4n) is 1.74. The molecule has 0 atom stereocenters. The van der Waals surface area contributed by atoms with Gasteiger partial charge < -0.3 is 5.32 Å². The summed E-state index contributed by atoms with van der Waals surface area (Å²) < 4.78 is 1.86. The summed E-state index contributed by atoms with van der Waals surface area (Å²) in [5.41, 5.74) is 2.33. The SMILES string of the molecule is Cc1csc(Nc2ccn(-c3ccccc3)n2)c1. The van der Waals surface area contributed by atoms with Gasteiger partial charge in [-0.15, -0.1) is 11.3 Å². The first-order valence-electron chi connectivity index (χ1n) is 5.74. The van der Waals surface area contributed by atoms with Crippen LogP contribution in [0.25, 0.3) is 5.69 Å². The molecule has 0 aliphatic carbocycles. The third-order valence-electron chi connectivity index (χ3n) is 2.59. The summed E-state index contributed by atoms with van der Waals surface area (Å²) in [5, 5.41) is 11.0. The van der Waals surface area contributed by atoms with Gasteiger partial charge in [-0.25, -0.2) is 4.68 Å². The van der Waals surface area contributed by atoms with Gasteiger partial charge in [-0.05, 0) is 36.1 Å². The molecule has 2 aromatic heterocycles. The molecule has 3 nitrogen and oxygen atoms in total. The van der Waals surface area contributed by atoms with E-state index in [-0.39, 0.29) is 0 Å². The zero-order valence-electron chi connectivity index (χ0n) is 10.00. The van der Waals surface area contributed by atoms with Gasteiger partial charge in [-0.1, -0.05) is 18.2 Å². The second kappa shape index (κ2) is 4.66. The number of nitrogens with zero attached hydrogens (tertiary/aromatic N) is 2. The van der Waals surface area contributed by atoms with E-state index < -0.39 is 0 Å². The molecule has 0 fully saturated rings. The Bertz CT molecular complexity index is 640. The van der Waals surface area contributed by atoms with Crippen molar-refractivity contribution in [2.45, 2.75) is 6.92 Å². The number of thiophene rings is 1. The van der Waals surface area contributed by atoms with Crippen molar-refractivity contribution in [3.8, 4) is 5.69 Å². The van der Waals surface area contributed by atoms with Gasteiger partial charge in [-0.2, -0.15) is 5.10 Å². The molecule has 0 radical (unpaired) electrons. The lowest BCUT2D eigenvalue weighted by molar-refractivity contribution is 0.885. The summed E-state index contributed by atoms with van der Waals surface area (Å²) in [4.78, 5) is 0. The number of para-hydroxylation sites is 1. The highest BCUT2D eigenvalue weighted by molar-refractivity contribution is 7.14. The number of aromatic nitrogens is 2. The molecular weight excluding hydrogens is 242 g/mol. The van der Waals surface area contributed by atoms with Gasteiger partial charge in [0.1, 0.15) is 0 Å². The van der Waals surface area contributed by atoms with Crippen LogP contribution in [-0.4, -0.2) is 9.78 Å². The van der Waals surface area contributed by atoms with E-state index in [0.29, 0.717) is 0 Å². The summed E-state index contributed by atoms with van der Waals surface area (Å²) in [5.74, 6) is 0.862. The lowest BCUT2D eigenvalue weighted by Crippen LogP contribution is -1.95. The molecule has 0 aliphatic rings. The Morgan fingerprint density at radius 3 is 2.72 bits per heavy atom. The van der Waals surface area contributed by atoms with E-state index >= 15 is 0 Å². The topological polar surface area (TPSA) is 29.9 Å². The first-order chi connectivity index (χ1) is 8.81. The smallest absolute Gasteiger partial charge is 0.153 e. The Balaban J connectivity index is 1.82. The zero-order chi connectivity index (χ0) is 12.4. The maximum absolute atomic E-state index is 4.50. The van der Waals surface area contributed by atoms with E-state index in [2.05, 4.69) is 28.8 Å². The molecule has 0 bridgehead atoms. The van der Waals surface area contributed by atoms with Gasteiger partial charge in [0.2, 0.25) is 0 Å². The van der Waals surface area contributed by atoms with Crippen molar-refractivity contribution in [1.29, 1.82) is 0 Å². The van der Waals surface area contributed by atoms with Crippen LogP contribution < -0.4 is 5.32 Å². The minimum atomic E-state index is 0.862. The van der Waals surface area contributed by atoms with Crippen LogP contribution in [0.2, 0.25) is 0 Å². The van der Waals surface area contributed by atoms with Crippen LogP contribution in [0.5, 0.6) is 0 Å². The number of nitrogens with one attached hydrogen (secondary N) is 1. The number of benzene rings is 1. The van der Waals surface area contributed by atoms with Crippen molar-refractivity contribution in [2.24, 2.45) is 0 Å². The number of hydrogen-bond acceptors (Lipinski definition) is 3. The zero-order valence-corrected chi connectivity index (χ0v) is 10.8. The molecule has 4 heteroatoms. The van der Waals surface area contributed by atoms with Crippen molar-refractivity contribution in [3.63, 3.8) is 0 Å². The van der Waals surface area contributed by atoms with Crippen LogP contribution in [0.15, 0.2) is 54.0 Å². The lowest BCUT2D eigenvalue weighted by atomic mass is 10.3. The van der Waals surface area contributed by atoms with E-state index in [1.807, 2.05) is 47.3 Å². The van der Waals surface area contributed by atoms with Gasteiger partial charge in [-0.3, -0.25) is 0 Å². The van der Waals surface area contributed by atoms with Crippen LogP contribution in [0.3, 0.4) is 0 Å². The van der Waals surface area contributed by atoms with Gasteiger partial charge in [0, 0.05) is 12.3 Å². The van der Waals surface area contributed by atoms with Gasteiger partial charge in [0.15, 0.2) is 5.82 Å². The molecule has 3 rings (SSSR count). The number of aryl methyl sites for hydroxylation is 1. The molecule has 1 N–H and O–H groups in total. The quantitative estimate of drug-likeness (QED) is 0.767. The Labute approximate surface area is 110 Å². The minimum Gasteiger partial charge on any atom is -0.330 e. The molecule has 0 unspecified atom stereocenters. The van der Waals surface area contributed by atoms with E-state index in [4.69, 9.17) is 0 Å². The van der Waals surface area contributed by atoms with Crippen molar-refractivity contribution >= 4 is 22.2 Å². The summed E-state index contributed by atoms with van der Waals surface area (Å²) in [6.45, 7) is 2.09. The Hall–Kier alpha value is -2.07. The van der Waals surface area contributed by atoms with Crippen molar-refractivity contribution < 1.29 is 0 Å². The molecule has 0 amide bonds. The average Bonchev–Trinajstić information content (AvgIpc) is 3.01. The molecule has 0 saturated carbocycles. The first kappa shape index (κ1) is 11.0. The van der Waals surface area contributed by atoms with E-state index in [1.165, 1.54) is 5.56 Å². The van der Waals surface area contributed by atoms with Crippen LogP contribution in [-0.2, 0) is 0 Å². The Morgan fingerprint density at radius 1 is 1.17 bits per heavy atom. The highest BCUT2D eigenvalue weighted by atomic mass is 32.1. The third kappa shape index (κ3) is 2.28. The minimum absolute atomic E-state index is 0.862. The van der Waals surface area contributed by atoms with Crippen LogP contribution >= 0.6 is 11.3 Å². The predicted molar refractivity (Wildman–Crippen MR) is 75.9 cm³/mol. The van der Waals surface area contributed by atoms with Gasteiger partial charge in [0.25, 0.3) is 0 Å². The van der Waals surface area contributed by atoms with Gasteiger partial charge >= 0.3 is 0 Å². The molecule has 90 valence electrons. The summed E-state index contributed by atoms with van der Waals surface area (Å²) >= 11 is 1.69. The Kier molecular flexibility index (Phi) is 2.86. The highest BCUT2D eigenvalue weighted by Crippen LogP contribution is 2.23. The summed E-state index contributed by atoms with van der Waals surface area (Å²) in [6, 6.07) is 14.2. The second-order valence-electron chi connectivity index (χ2n) is 4.09. The molecule has 0 aliphatic heterocycles. The maximum Gasteiger partial charge on any atom is 0.153 e. The molecule has 0 spiro atoms. The molecule has 2 heterocycles. The molecule has 1 aromatic carbocycles. The van der Waals surface area contributed by atoms with E-state index in [1.54, 1.807) is 11.3 Å². The molecular formula is C14H13N3S. The van der Waals surface area contributed by atoms with Crippen LogP contribution in [0, 0.1) is 6.92 Å². The summed E-state index contributed by atoms with van der Waals surface area (Å²) in [6.07, 6.45) is 1.96. The second-order valence-corrected chi connectivity index (χ2v) is 5.01. The van der Waals surface area contributed by atoms with Gasteiger partial charge in [0.05, 0.1) is 10.7 Å². The van der Waals surface area contributed by atoms with Crippen molar-refractivity contribution in [3.05, 3.63) is 59.6 Å². The first-order valence-corrected chi connectivity index (χ1v) is 6.62. The fourth-order valence-corrected chi connectivity index (χ4v) is 2.54. The largest absolute Gasteiger partial charge is 0.330 e. The lowest BCUT2D eigenvalue weighted by Gasteiger charge is -2.00. The maximum atomic E-state index is 4.50. The summed E-state index contributed by atoms with van der Waals surface area (Å²) in [7, 11) is 0. The highest BCUT2D eigenvalue weighted by Gasteiger charge is 2.02. The number of rotatable bonds is 3. The molecule has 0 saturated heterocycles. The number of anilines is 2. The Morgan fingerprint density at radius 2 is 2.00 bits per heavy atom. The number of hydrogen-bond donors (Lipinski definition) is 1. The van der Waals surface area contributed by atoms with Crippen LogP contribution in [0.4, 0.5) is 10.8 Å².